The van der Waals surface area contributed by atoms with Crippen LogP contribution in [0.4, 0.5) is 0 Å². The molecule has 0 atom stereocenters. The van der Waals surface area contributed by atoms with Gasteiger partial charge in [-0.1, -0.05) is 10.7 Å². The van der Waals surface area contributed by atoms with Gasteiger partial charge in [0.25, 0.3) is 0 Å². The second kappa shape index (κ2) is 3.74. The van der Waals surface area contributed by atoms with E-state index < -0.39 is 0 Å². The van der Waals surface area contributed by atoms with Crippen molar-refractivity contribution < 1.29 is 18.9 Å². The van der Waals surface area contributed by atoms with Crippen molar-refractivity contribution in [3.05, 3.63) is 20.8 Å². The third kappa shape index (κ3) is 1.95. The quantitative estimate of drug-likeness (QED) is 0.380. The molecule has 0 aromatic carbocycles. The average Bonchev–Trinajstić information content (AvgIpc) is 1.91. The normalized spacial score (nSPS) is 8.25. The number of hydrogen-bond donors (Lipinski definition) is 0. The molecule has 8 heavy (non-hydrogen) atoms. The molecule has 0 aliphatic rings. The molecule has 1 aromatic heterocycles. The monoisotopic (exact) mass is 182 g/mol. The van der Waals surface area contributed by atoms with E-state index in [0.717, 1.165) is 0 Å². The molecule has 0 aliphatic carbocycles. The molecule has 0 nitrogen and oxygen atoms in total. The number of halogens is 1. The third-order valence-corrected chi connectivity index (χ3v) is 2.58. The van der Waals surface area contributed by atoms with E-state index in [2.05, 4.69) is 28.2 Å². The van der Waals surface area contributed by atoms with Gasteiger partial charge in [0.05, 0.1) is 0 Å². The van der Waals surface area contributed by atoms with Gasteiger partial charge in [0.1, 0.15) is 0 Å². The molecule has 0 aliphatic heterocycles. The van der Waals surface area contributed by atoms with E-state index in [0.29, 0.717) is 0 Å². The Morgan fingerprint density at radius 2 is 2.38 bits per heavy atom. The first-order chi connectivity index (χ1) is 3.30. The van der Waals surface area contributed by atoms with E-state index >= 15 is 0 Å². The van der Waals surface area contributed by atoms with Crippen molar-refractivity contribution in [1.29, 1.82) is 0 Å². The van der Waals surface area contributed by atoms with Crippen LogP contribution in [0.2, 0.25) is 0 Å². The van der Waals surface area contributed by atoms with Crippen molar-refractivity contribution in [2.45, 2.75) is 6.92 Å². The van der Waals surface area contributed by atoms with Crippen LogP contribution in [0.15, 0.2) is 9.85 Å². The van der Waals surface area contributed by atoms with Gasteiger partial charge in [0, 0.05) is 0 Å². The fourth-order valence-corrected chi connectivity index (χ4v) is 1.26. The third-order valence-electron chi connectivity index (χ3n) is 0.734. The van der Waals surface area contributed by atoms with Crippen LogP contribution in [0.1, 0.15) is 5.56 Å². The Kier molecular flexibility index (Phi) is 4.10. The molecule has 0 unspecified atom stereocenters. The van der Waals surface area contributed by atoms with Crippen LogP contribution in [0, 0.1) is 12.3 Å². The van der Waals surface area contributed by atoms with Gasteiger partial charge in [-0.2, -0.15) is 11.6 Å². The second-order valence-electron chi connectivity index (χ2n) is 1.32. The zero-order valence-electron chi connectivity index (χ0n) is 4.86. The fraction of sp³-hybridized carbons (Fsp3) is 0.200. The predicted molar refractivity (Wildman–Crippen MR) is 35.6 cm³/mol. The molecule has 0 N–H and O–H groups in total. The number of thiophene rings is 1. The second-order valence-corrected chi connectivity index (χ2v) is 3.49. The smallest absolute Gasteiger partial charge is 0.289 e. The van der Waals surface area contributed by atoms with Gasteiger partial charge in [-0.25, -0.2) is 0 Å². The van der Waals surface area contributed by atoms with Crippen LogP contribution in [0.25, 0.3) is 0 Å². The Morgan fingerprint density at radius 1 is 1.75 bits per heavy atom. The van der Waals surface area contributed by atoms with Crippen LogP contribution < -0.4 is 18.9 Å². The maximum atomic E-state index is 3.35. The summed E-state index contributed by atoms with van der Waals surface area (Å²) in [6.45, 7) is 2.05. The predicted octanol–water partition coefficient (Wildman–Crippen LogP) is -0.377. The number of aryl methyl sites for hydroxylation is 1. The molecule has 38 valence electrons. The van der Waals surface area contributed by atoms with E-state index in [1.807, 2.05) is 6.07 Å². The molecule has 0 radical (unpaired) electrons. The van der Waals surface area contributed by atoms with Gasteiger partial charge in [0.15, 0.2) is 0 Å². The molecule has 1 rings (SSSR count). The Balaban J connectivity index is 0.000000490. The minimum atomic E-state index is 0. The molecular formula is C5H4BrLiS. The molecule has 0 spiro atoms. The van der Waals surface area contributed by atoms with Gasteiger partial charge in [-0.15, -0.1) is 21.3 Å². The number of hydrogen-bond acceptors (Lipinski definition) is 1. The molecule has 1 heterocycles. The van der Waals surface area contributed by atoms with Crippen LogP contribution >= 0.6 is 27.3 Å². The SMILES string of the molecule is Cc1c[c-]sc1Br.[Li+]. The zero-order chi connectivity index (χ0) is 5.28. The van der Waals surface area contributed by atoms with E-state index in [9.17, 15) is 0 Å². The van der Waals surface area contributed by atoms with Crippen molar-refractivity contribution in [2.75, 3.05) is 0 Å². The van der Waals surface area contributed by atoms with Crippen LogP contribution in [-0.2, 0) is 0 Å². The summed E-state index contributed by atoms with van der Waals surface area (Å²) in [5.41, 5.74) is 1.27. The molecule has 0 fully saturated rings. The van der Waals surface area contributed by atoms with Crippen molar-refractivity contribution in [2.24, 2.45) is 0 Å². The topological polar surface area (TPSA) is 0 Å². The first-order valence-electron chi connectivity index (χ1n) is 1.92. The maximum absolute atomic E-state index is 3.35. The molecule has 0 saturated heterocycles. The van der Waals surface area contributed by atoms with Crippen molar-refractivity contribution in [1.82, 2.24) is 0 Å². The largest absolute Gasteiger partial charge is 1.00 e. The van der Waals surface area contributed by atoms with Crippen LogP contribution in [-0.4, -0.2) is 0 Å². The Bertz CT molecular complexity index is 145. The molecular weight excluding hydrogens is 179 g/mol. The summed E-state index contributed by atoms with van der Waals surface area (Å²) in [6.07, 6.45) is 0. The van der Waals surface area contributed by atoms with Gasteiger partial charge >= 0.3 is 18.9 Å². The summed E-state index contributed by atoms with van der Waals surface area (Å²) in [5.74, 6) is 0. The fourth-order valence-electron chi connectivity index (χ4n) is 0.307. The van der Waals surface area contributed by atoms with Crippen molar-refractivity contribution >= 4 is 27.3 Å². The van der Waals surface area contributed by atoms with Crippen LogP contribution in [0.3, 0.4) is 0 Å². The van der Waals surface area contributed by atoms with E-state index in [4.69, 9.17) is 0 Å². The van der Waals surface area contributed by atoms with E-state index in [1.165, 1.54) is 9.35 Å². The summed E-state index contributed by atoms with van der Waals surface area (Å²) in [4.78, 5) is 0. The van der Waals surface area contributed by atoms with Gasteiger partial charge in [-0.05, 0) is 0 Å². The van der Waals surface area contributed by atoms with Gasteiger partial charge < -0.3 is 0 Å². The van der Waals surface area contributed by atoms with Crippen molar-refractivity contribution in [3.63, 3.8) is 0 Å². The molecule has 0 saturated carbocycles. The Morgan fingerprint density at radius 3 is 2.50 bits per heavy atom. The number of rotatable bonds is 0. The summed E-state index contributed by atoms with van der Waals surface area (Å²) in [5, 5.41) is 2.99. The minimum absolute atomic E-state index is 0. The van der Waals surface area contributed by atoms with E-state index in [-0.39, 0.29) is 18.9 Å². The molecule has 0 amide bonds. The summed E-state index contributed by atoms with van der Waals surface area (Å²) in [6, 6.07) is 1.97. The Labute approximate surface area is 73.6 Å². The first-order valence-corrected chi connectivity index (χ1v) is 3.53. The average molecular weight is 183 g/mol. The summed E-state index contributed by atoms with van der Waals surface area (Å²) < 4.78 is 1.19. The standard InChI is InChI=1S/C5H4BrS.Li/c1-4-2-3-7-5(4)6;/h2H,1H3;/q-1;+1. The van der Waals surface area contributed by atoms with Gasteiger partial charge in [0.2, 0.25) is 0 Å². The molecule has 1 aromatic rings. The van der Waals surface area contributed by atoms with Crippen molar-refractivity contribution in [3.8, 4) is 0 Å². The summed E-state index contributed by atoms with van der Waals surface area (Å²) >= 11 is 4.95. The molecule has 0 bridgehead atoms. The van der Waals surface area contributed by atoms with E-state index in [1.54, 1.807) is 11.3 Å². The molecule has 3 heteroatoms. The van der Waals surface area contributed by atoms with Gasteiger partial charge in [-0.3, -0.25) is 11.3 Å². The van der Waals surface area contributed by atoms with Crippen LogP contribution in [0.5, 0.6) is 0 Å². The maximum Gasteiger partial charge on any atom is 1.00 e. The summed E-state index contributed by atoms with van der Waals surface area (Å²) in [7, 11) is 0. The zero-order valence-corrected chi connectivity index (χ0v) is 7.27. The first kappa shape index (κ1) is 8.78. The minimum Gasteiger partial charge on any atom is -0.289 e. The Hall–Kier alpha value is 0.777.